The van der Waals surface area contributed by atoms with Gasteiger partial charge in [-0.3, -0.25) is 9.59 Å². The molecule has 0 bridgehead atoms. The molecule has 0 radical (unpaired) electrons. The minimum absolute atomic E-state index is 0.104. The number of aliphatic carboxylic acids is 1. The van der Waals surface area contributed by atoms with Crippen molar-refractivity contribution in [1.82, 2.24) is 0 Å². The van der Waals surface area contributed by atoms with Gasteiger partial charge in [0, 0.05) is 12.6 Å². The van der Waals surface area contributed by atoms with E-state index in [0.717, 1.165) is 5.56 Å². The highest BCUT2D eigenvalue weighted by Crippen LogP contribution is 2.33. The van der Waals surface area contributed by atoms with Crippen LogP contribution >= 0.6 is 0 Å². The number of amides is 1. The maximum Gasteiger partial charge on any atom is 0.305 e. The molecule has 0 fully saturated rings. The Morgan fingerprint density at radius 1 is 1.55 bits per heavy atom. The van der Waals surface area contributed by atoms with Crippen LogP contribution in [-0.2, 0) is 9.59 Å². The Balaban J connectivity index is 2.37. The maximum atomic E-state index is 12.1. The predicted octanol–water partition coefficient (Wildman–Crippen LogP) is 1.30. The van der Waals surface area contributed by atoms with Gasteiger partial charge in [0.2, 0.25) is 5.91 Å². The highest BCUT2D eigenvalue weighted by molar-refractivity contribution is 5.96. The summed E-state index contributed by atoms with van der Waals surface area (Å²) in [6.45, 7) is 2.28. The van der Waals surface area contributed by atoms with E-state index in [-0.39, 0.29) is 31.3 Å². The lowest BCUT2D eigenvalue weighted by Gasteiger charge is -2.22. The van der Waals surface area contributed by atoms with Crippen LogP contribution in [0, 0.1) is 0 Å². The Hall–Kier alpha value is -2.08. The molecule has 3 N–H and O–H groups in total. The summed E-state index contributed by atoms with van der Waals surface area (Å²) >= 11 is 0. The number of fused-ring (bicyclic) bond motifs is 1. The van der Waals surface area contributed by atoms with Crippen molar-refractivity contribution in [1.29, 1.82) is 0 Å². The van der Waals surface area contributed by atoms with E-state index in [1.54, 1.807) is 12.1 Å². The summed E-state index contributed by atoms with van der Waals surface area (Å²) in [7, 11) is 0. The maximum absolute atomic E-state index is 12.1. The van der Waals surface area contributed by atoms with Gasteiger partial charge < -0.3 is 20.5 Å². The van der Waals surface area contributed by atoms with Crippen LogP contribution in [0.2, 0.25) is 0 Å². The van der Waals surface area contributed by atoms with Crippen LogP contribution in [0.25, 0.3) is 0 Å². The second-order valence-electron chi connectivity index (χ2n) is 4.80. The number of benzene rings is 1. The standard InChI is InChI=1S/C14H18N2O4/c1-9(15)10-2-3-12-11(8-10)16(6-4-14(18)19)13(17)5-7-20-12/h2-3,8-9H,4-7,15H2,1H3,(H,18,19). The molecule has 0 spiro atoms. The van der Waals surface area contributed by atoms with Crippen LogP contribution in [0.4, 0.5) is 5.69 Å². The Morgan fingerprint density at radius 2 is 2.30 bits per heavy atom. The summed E-state index contributed by atoms with van der Waals surface area (Å²) in [4.78, 5) is 24.3. The van der Waals surface area contributed by atoms with Crippen LogP contribution < -0.4 is 15.4 Å². The molecule has 1 atom stereocenters. The van der Waals surface area contributed by atoms with E-state index in [2.05, 4.69) is 0 Å². The van der Waals surface area contributed by atoms with E-state index in [1.807, 2.05) is 13.0 Å². The van der Waals surface area contributed by atoms with E-state index in [0.29, 0.717) is 18.0 Å². The van der Waals surface area contributed by atoms with Gasteiger partial charge in [0.05, 0.1) is 25.1 Å². The smallest absolute Gasteiger partial charge is 0.305 e. The van der Waals surface area contributed by atoms with Gasteiger partial charge in [-0.15, -0.1) is 0 Å². The van der Waals surface area contributed by atoms with Crippen molar-refractivity contribution in [2.24, 2.45) is 5.73 Å². The van der Waals surface area contributed by atoms with Gasteiger partial charge in [-0.25, -0.2) is 0 Å². The second kappa shape index (κ2) is 5.92. The Bertz CT molecular complexity index is 528. The molecule has 1 unspecified atom stereocenters. The van der Waals surface area contributed by atoms with Gasteiger partial charge in [-0.2, -0.15) is 0 Å². The van der Waals surface area contributed by atoms with E-state index in [1.165, 1.54) is 4.90 Å². The van der Waals surface area contributed by atoms with Crippen LogP contribution in [-0.4, -0.2) is 30.1 Å². The molecule has 1 heterocycles. The Labute approximate surface area is 117 Å². The van der Waals surface area contributed by atoms with Gasteiger partial charge in [0.1, 0.15) is 5.75 Å². The van der Waals surface area contributed by atoms with Gasteiger partial charge in [0.25, 0.3) is 0 Å². The Morgan fingerprint density at radius 3 is 2.95 bits per heavy atom. The normalized spacial score (nSPS) is 16.1. The molecule has 6 heteroatoms. The zero-order chi connectivity index (χ0) is 14.7. The number of hydrogen-bond donors (Lipinski definition) is 2. The molecule has 1 aliphatic rings. The molecule has 0 aromatic heterocycles. The minimum atomic E-state index is -0.937. The van der Waals surface area contributed by atoms with Gasteiger partial charge in [0.15, 0.2) is 0 Å². The van der Waals surface area contributed by atoms with Gasteiger partial charge in [-0.1, -0.05) is 6.07 Å². The topological polar surface area (TPSA) is 92.9 Å². The lowest BCUT2D eigenvalue weighted by molar-refractivity contribution is -0.136. The van der Waals surface area contributed by atoms with Crippen LogP contribution in [0.15, 0.2) is 18.2 Å². The van der Waals surface area contributed by atoms with E-state index < -0.39 is 5.97 Å². The largest absolute Gasteiger partial charge is 0.491 e. The molecule has 0 saturated heterocycles. The number of nitrogens with two attached hydrogens (primary N) is 1. The van der Waals surface area contributed by atoms with Crippen molar-refractivity contribution in [3.63, 3.8) is 0 Å². The third-order valence-corrected chi connectivity index (χ3v) is 3.22. The zero-order valence-corrected chi connectivity index (χ0v) is 11.3. The summed E-state index contributed by atoms with van der Waals surface area (Å²) in [5, 5.41) is 8.80. The Kier molecular flexibility index (Phi) is 4.24. The van der Waals surface area contributed by atoms with Crippen molar-refractivity contribution < 1.29 is 19.4 Å². The number of hydrogen-bond acceptors (Lipinski definition) is 4. The number of rotatable bonds is 4. The van der Waals surface area contributed by atoms with Crippen LogP contribution in [0.3, 0.4) is 0 Å². The molecule has 1 aliphatic heterocycles. The van der Waals surface area contributed by atoms with Gasteiger partial charge in [-0.05, 0) is 24.6 Å². The molecule has 1 aromatic carbocycles. The molecule has 0 saturated carbocycles. The lowest BCUT2D eigenvalue weighted by Crippen LogP contribution is -2.32. The van der Waals surface area contributed by atoms with E-state index in [4.69, 9.17) is 15.6 Å². The number of ether oxygens (including phenoxy) is 1. The third kappa shape index (κ3) is 3.08. The predicted molar refractivity (Wildman–Crippen MR) is 73.8 cm³/mol. The molecule has 0 aliphatic carbocycles. The second-order valence-corrected chi connectivity index (χ2v) is 4.80. The first-order valence-corrected chi connectivity index (χ1v) is 6.53. The van der Waals surface area contributed by atoms with E-state index >= 15 is 0 Å². The summed E-state index contributed by atoms with van der Waals surface area (Å²) in [6.07, 6.45) is 0.134. The SMILES string of the molecule is CC(N)c1ccc2c(c1)N(CCC(=O)O)C(=O)CCO2. The summed E-state index contributed by atoms with van der Waals surface area (Å²) in [5.41, 5.74) is 7.33. The molecule has 6 nitrogen and oxygen atoms in total. The van der Waals surface area contributed by atoms with Crippen molar-refractivity contribution in [3.05, 3.63) is 23.8 Å². The molecule has 1 aromatic rings. The van der Waals surface area contributed by atoms with Crippen molar-refractivity contribution in [3.8, 4) is 5.75 Å². The third-order valence-electron chi connectivity index (χ3n) is 3.22. The highest BCUT2D eigenvalue weighted by Gasteiger charge is 2.24. The first-order chi connectivity index (χ1) is 9.49. The number of carboxylic acids is 1. The number of carboxylic acid groups (broad SMARTS) is 1. The average molecular weight is 278 g/mol. The van der Waals surface area contributed by atoms with Crippen LogP contribution in [0.5, 0.6) is 5.75 Å². The number of carbonyl (C=O) groups is 2. The molecular weight excluding hydrogens is 260 g/mol. The molecule has 1 amide bonds. The minimum Gasteiger partial charge on any atom is -0.491 e. The highest BCUT2D eigenvalue weighted by atomic mass is 16.5. The first kappa shape index (κ1) is 14.3. The monoisotopic (exact) mass is 278 g/mol. The van der Waals surface area contributed by atoms with Crippen molar-refractivity contribution >= 4 is 17.6 Å². The summed E-state index contributed by atoms with van der Waals surface area (Å²) < 4.78 is 5.54. The van der Waals surface area contributed by atoms with E-state index in [9.17, 15) is 9.59 Å². The number of anilines is 1. The zero-order valence-electron chi connectivity index (χ0n) is 11.3. The molecule has 20 heavy (non-hydrogen) atoms. The summed E-state index contributed by atoms with van der Waals surface area (Å²) in [5.74, 6) is -0.481. The average Bonchev–Trinajstić information content (AvgIpc) is 2.54. The lowest BCUT2D eigenvalue weighted by atomic mass is 10.1. The molecule has 108 valence electrons. The number of carbonyl (C=O) groups excluding carboxylic acids is 1. The quantitative estimate of drug-likeness (QED) is 0.865. The van der Waals surface area contributed by atoms with Gasteiger partial charge >= 0.3 is 5.97 Å². The van der Waals surface area contributed by atoms with Crippen molar-refractivity contribution in [2.75, 3.05) is 18.1 Å². The molecular formula is C14H18N2O4. The summed E-state index contributed by atoms with van der Waals surface area (Å²) in [6, 6.07) is 5.26. The van der Waals surface area contributed by atoms with Crippen LogP contribution in [0.1, 0.15) is 31.4 Å². The fraction of sp³-hybridized carbons (Fsp3) is 0.429. The number of nitrogens with zero attached hydrogens (tertiary/aromatic N) is 1. The molecule has 2 rings (SSSR count). The fourth-order valence-electron chi connectivity index (χ4n) is 2.12. The first-order valence-electron chi connectivity index (χ1n) is 6.53. The fourth-order valence-corrected chi connectivity index (χ4v) is 2.12. The van der Waals surface area contributed by atoms with Crippen molar-refractivity contribution in [2.45, 2.75) is 25.8 Å².